The number of hydrogen-bond donors (Lipinski definition) is 3. The van der Waals surface area contributed by atoms with Crippen molar-refractivity contribution in [1.82, 2.24) is 4.72 Å². The second kappa shape index (κ2) is 5.03. The highest BCUT2D eigenvalue weighted by Crippen LogP contribution is 2.25. The van der Waals surface area contributed by atoms with Gasteiger partial charge in [0.15, 0.2) is 0 Å². The van der Waals surface area contributed by atoms with E-state index in [0.29, 0.717) is 11.1 Å². The van der Waals surface area contributed by atoms with E-state index in [1.54, 1.807) is 32.9 Å². The topological polar surface area (TPSA) is 92.4 Å². The second-order valence-electron chi connectivity index (χ2n) is 4.15. The molecule has 4 N–H and O–H groups in total. The fourth-order valence-corrected chi connectivity index (χ4v) is 3.19. The minimum absolute atomic E-state index is 0.0952. The average Bonchev–Trinajstić information content (AvgIpc) is 2.23. The van der Waals surface area contributed by atoms with Crippen molar-refractivity contribution in [3.8, 4) is 0 Å². The van der Waals surface area contributed by atoms with Gasteiger partial charge in [0.1, 0.15) is 4.90 Å². The van der Waals surface area contributed by atoms with Crippen LogP contribution in [0.2, 0.25) is 0 Å². The fourth-order valence-electron chi connectivity index (χ4n) is 1.52. The zero-order valence-corrected chi connectivity index (χ0v) is 11.0. The van der Waals surface area contributed by atoms with E-state index in [1.165, 1.54) is 0 Å². The normalized spacial score (nSPS) is 13.6. The Morgan fingerprint density at radius 3 is 2.41 bits per heavy atom. The molecule has 96 valence electrons. The SMILES string of the molecule is Cc1ccc(C)c(S(=O)(=O)NC(C)CO)c1N. The molecule has 6 heteroatoms. The van der Waals surface area contributed by atoms with E-state index in [-0.39, 0.29) is 17.2 Å². The molecule has 0 saturated carbocycles. The first-order valence-electron chi connectivity index (χ1n) is 5.28. The monoisotopic (exact) mass is 258 g/mol. The van der Waals surface area contributed by atoms with Crippen LogP contribution in [0, 0.1) is 13.8 Å². The van der Waals surface area contributed by atoms with E-state index in [0.717, 1.165) is 0 Å². The maximum Gasteiger partial charge on any atom is 0.243 e. The summed E-state index contributed by atoms with van der Waals surface area (Å²) in [5.41, 5.74) is 7.36. The first-order chi connectivity index (χ1) is 7.79. The number of nitrogens with two attached hydrogens (primary N) is 1. The number of nitrogen functional groups attached to an aromatic ring is 1. The third-order valence-electron chi connectivity index (χ3n) is 2.51. The molecule has 0 radical (unpaired) electrons. The van der Waals surface area contributed by atoms with Gasteiger partial charge >= 0.3 is 0 Å². The molecule has 1 unspecified atom stereocenters. The Balaban J connectivity index is 3.29. The largest absolute Gasteiger partial charge is 0.397 e. The van der Waals surface area contributed by atoms with Crippen molar-refractivity contribution in [2.24, 2.45) is 0 Å². The quantitative estimate of drug-likeness (QED) is 0.687. The summed E-state index contributed by atoms with van der Waals surface area (Å²) in [7, 11) is -3.69. The predicted molar refractivity (Wildman–Crippen MR) is 67.2 cm³/mol. The van der Waals surface area contributed by atoms with E-state index in [4.69, 9.17) is 10.8 Å². The maximum atomic E-state index is 12.1. The summed E-state index contributed by atoms with van der Waals surface area (Å²) < 4.78 is 26.6. The molecule has 1 atom stereocenters. The first-order valence-corrected chi connectivity index (χ1v) is 6.76. The van der Waals surface area contributed by atoms with Gasteiger partial charge in [0, 0.05) is 6.04 Å². The Morgan fingerprint density at radius 1 is 1.35 bits per heavy atom. The standard InChI is InChI=1S/C11H18N2O3S/c1-7-4-5-8(2)11(10(7)12)17(15,16)13-9(3)6-14/h4-5,9,13-14H,6,12H2,1-3H3. The Bertz CT molecular complexity index is 512. The van der Waals surface area contributed by atoms with Gasteiger partial charge in [-0.25, -0.2) is 13.1 Å². The third-order valence-corrected chi connectivity index (χ3v) is 4.30. The fraction of sp³-hybridized carbons (Fsp3) is 0.455. The highest BCUT2D eigenvalue weighted by Gasteiger charge is 2.22. The molecule has 0 heterocycles. The third kappa shape index (κ3) is 2.96. The molecule has 0 bridgehead atoms. The molecule has 5 nitrogen and oxygen atoms in total. The van der Waals surface area contributed by atoms with Crippen LogP contribution < -0.4 is 10.5 Å². The van der Waals surface area contributed by atoms with Crippen molar-refractivity contribution in [3.63, 3.8) is 0 Å². The molecular formula is C11H18N2O3S. The van der Waals surface area contributed by atoms with Gasteiger partial charge in [-0.2, -0.15) is 0 Å². The number of sulfonamides is 1. The summed E-state index contributed by atoms with van der Waals surface area (Å²) in [6.07, 6.45) is 0. The number of aryl methyl sites for hydroxylation is 2. The van der Waals surface area contributed by atoms with E-state index >= 15 is 0 Å². The summed E-state index contributed by atoms with van der Waals surface area (Å²) in [5, 5.41) is 8.88. The highest BCUT2D eigenvalue weighted by atomic mass is 32.2. The molecule has 0 aliphatic rings. The van der Waals surface area contributed by atoms with Crippen molar-refractivity contribution < 1.29 is 13.5 Å². The zero-order valence-electron chi connectivity index (χ0n) is 10.2. The summed E-state index contributed by atoms with van der Waals surface area (Å²) in [6.45, 7) is 4.76. The number of anilines is 1. The van der Waals surface area contributed by atoms with Crippen LogP contribution in [-0.4, -0.2) is 26.2 Å². The maximum absolute atomic E-state index is 12.1. The minimum Gasteiger partial charge on any atom is -0.397 e. The van der Waals surface area contributed by atoms with Gasteiger partial charge in [-0.1, -0.05) is 12.1 Å². The highest BCUT2D eigenvalue weighted by molar-refractivity contribution is 7.89. The molecule has 0 aliphatic carbocycles. The van der Waals surface area contributed by atoms with Gasteiger partial charge in [-0.05, 0) is 31.9 Å². The van der Waals surface area contributed by atoms with Crippen molar-refractivity contribution in [3.05, 3.63) is 23.3 Å². The molecule has 0 aliphatic heterocycles. The number of aliphatic hydroxyl groups excluding tert-OH is 1. The molecule has 1 aromatic rings. The van der Waals surface area contributed by atoms with Crippen LogP contribution in [0.4, 0.5) is 5.69 Å². The van der Waals surface area contributed by atoms with Crippen LogP contribution in [0.3, 0.4) is 0 Å². The predicted octanol–water partition coefficient (Wildman–Crippen LogP) is 0.545. The first kappa shape index (κ1) is 14.0. The van der Waals surface area contributed by atoms with Crippen molar-refractivity contribution in [2.45, 2.75) is 31.7 Å². The zero-order chi connectivity index (χ0) is 13.2. The Labute approximate surface area is 102 Å². The van der Waals surface area contributed by atoms with Crippen LogP contribution >= 0.6 is 0 Å². The molecule has 0 saturated heterocycles. The molecule has 0 amide bonds. The van der Waals surface area contributed by atoms with E-state index in [1.807, 2.05) is 0 Å². The molecule has 17 heavy (non-hydrogen) atoms. The van der Waals surface area contributed by atoms with Gasteiger partial charge in [-0.15, -0.1) is 0 Å². The van der Waals surface area contributed by atoms with Gasteiger partial charge in [0.2, 0.25) is 10.0 Å². The van der Waals surface area contributed by atoms with Crippen molar-refractivity contribution in [1.29, 1.82) is 0 Å². The lowest BCUT2D eigenvalue weighted by Gasteiger charge is -2.16. The van der Waals surface area contributed by atoms with Crippen LogP contribution in [0.1, 0.15) is 18.1 Å². The van der Waals surface area contributed by atoms with Gasteiger partial charge < -0.3 is 10.8 Å². The number of hydrogen-bond acceptors (Lipinski definition) is 4. The van der Waals surface area contributed by atoms with Gasteiger partial charge in [0.25, 0.3) is 0 Å². The molecule has 0 spiro atoms. The van der Waals surface area contributed by atoms with Crippen LogP contribution in [0.5, 0.6) is 0 Å². The van der Waals surface area contributed by atoms with E-state index in [2.05, 4.69) is 4.72 Å². The van der Waals surface area contributed by atoms with Gasteiger partial charge in [0.05, 0.1) is 12.3 Å². The van der Waals surface area contributed by atoms with E-state index in [9.17, 15) is 8.42 Å². The lowest BCUT2D eigenvalue weighted by Crippen LogP contribution is -2.35. The van der Waals surface area contributed by atoms with E-state index < -0.39 is 16.1 Å². The molecule has 1 aromatic carbocycles. The number of nitrogens with one attached hydrogen (secondary N) is 1. The molecule has 0 fully saturated rings. The molecular weight excluding hydrogens is 240 g/mol. The average molecular weight is 258 g/mol. The summed E-state index contributed by atoms with van der Waals surface area (Å²) in [5.74, 6) is 0. The van der Waals surface area contributed by atoms with Crippen molar-refractivity contribution in [2.75, 3.05) is 12.3 Å². The summed E-state index contributed by atoms with van der Waals surface area (Å²) in [4.78, 5) is 0.0952. The summed E-state index contributed by atoms with van der Waals surface area (Å²) >= 11 is 0. The van der Waals surface area contributed by atoms with Crippen LogP contribution in [0.15, 0.2) is 17.0 Å². The Morgan fingerprint density at radius 2 is 1.88 bits per heavy atom. The van der Waals surface area contributed by atoms with Crippen LogP contribution in [-0.2, 0) is 10.0 Å². The van der Waals surface area contributed by atoms with Gasteiger partial charge in [-0.3, -0.25) is 0 Å². The number of rotatable bonds is 4. The van der Waals surface area contributed by atoms with Crippen molar-refractivity contribution >= 4 is 15.7 Å². The lowest BCUT2D eigenvalue weighted by molar-refractivity contribution is 0.265. The Hall–Kier alpha value is -1.11. The minimum atomic E-state index is -3.69. The second-order valence-corrected chi connectivity index (χ2v) is 5.80. The molecule has 1 rings (SSSR count). The molecule has 0 aromatic heterocycles. The number of aliphatic hydroxyl groups is 1. The van der Waals surface area contributed by atoms with Crippen LogP contribution in [0.25, 0.3) is 0 Å². The summed E-state index contributed by atoms with van der Waals surface area (Å²) in [6, 6.07) is 2.95. The lowest BCUT2D eigenvalue weighted by atomic mass is 10.1. The number of benzene rings is 1. The Kier molecular flexibility index (Phi) is 4.13. The smallest absolute Gasteiger partial charge is 0.243 e.